The molecule has 1 N–H and O–H groups in total. The Morgan fingerprint density at radius 3 is 3.05 bits per heavy atom. The lowest BCUT2D eigenvalue weighted by atomic mass is 9.89. The van der Waals surface area contributed by atoms with E-state index in [9.17, 15) is 4.39 Å². The second-order valence-electron chi connectivity index (χ2n) is 5.38. The molecule has 106 valence electrons. The van der Waals surface area contributed by atoms with Gasteiger partial charge in [-0.1, -0.05) is 20.3 Å². The Labute approximate surface area is 114 Å². The highest BCUT2D eigenvalue weighted by molar-refractivity contribution is 5.23. The van der Waals surface area contributed by atoms with Crippen LogP contribution in [0.25, 0.3) is 0 Å². The van der Waals surface area contributed by atoms with E-state index in [0.717, 1.165) is 25.8 Å². The maximum absolute atomic E-state index is 14.2. The molecule has 1 aliphatic carbocycles. The molecule has 3 nitrogen and oxygen atoms in total. The van der Waals surface area contributed by atoms with Gasteiger partial charge in [-0.2, -0.15) is 0 Å². The van der Waals surface area contributed by atoms with Crippen LogP contribution in [-0.4, -0.2) is 17.6 Å². The molecule has 4 heteroatoms. The zero-order valence-corrected chi connectivity index (χ0v) is 11.8. The van der Waals surface area contributed by atoms with E-state index in [-0.39, 0.29) is 17.8 Å². The summed E-state index contributed by atoms with van der Waals surface area (Å²) in [5.41, 5.74) is 0.621. The van der Waals surface area contributed by atoms with Crippen molar-refractivity contribution in [2.24, 2.45) is 5.92 Å². The molecule has 0 saturated heterocycles. The van der Waals surface area contributed by atoms with Crippen molar-refractivity contribution in [2.45, 2.75) is 52.2 Å². The standard InChI is InChI=1S/C15H23FN2O/c1-3-17-10-12-7-8-18-15(14(12)16)19-13-6-4-5-11(2)9-13/h7-8,11,13,17H,3-6,9-10H2,1-2H3. The van der Waals surface area contributed by atoms with Crippen molar-refractivity contribution >= 4 is 0 Å². The summed E-state index contributed by atoms with van der Waals surface area (Å²) in [5, 5.41) is 3.12. The Balaban J connectivity index is 2.03. The first-order valence-electron chi connectivity index (χ1n) is 7.21. The van der Waals surface area contributed by atoms with Gasteiger partial charge in [0.1, 0.15) is 6.10 Å². The lowest BCUT2D eigenvalue weighted by Crippen LogP contribution is -2.25. The molecular formula is C15H23FN2O. The maximum Gasteiger partial charge on any atom is 0.250 e. The summed E-state index contributed by atoms with van der Waals surface area (Å²) in [6, 6.07) is 1.70. The molecule has 2 rings (SSSR count). The third kappa shape index (κ3) is 3.90. The van der Waals surface area contributed by atoms with E-state index >= 15 is 0 Å². The summed E-state index contributed by atoms with van der Waals surface area (Å²) in [4.78, 5) is 4.04. The first-order chi connectivity index (χ1) is 9.20. The number of hydrogen-bond donors (Lipinski definition) is 1. The summed E-state index contributed by atoms with van der Waals surface area (Å²) in [7, 11) is 0. The lowest BCUT2D eigenvalue weighted by molar-refractivity contribution is 0.118. The predicted octanol–water partition coefficient (Wildman–Crippen LogP) is 3.29. The van der Waals surface area contributed by atoms with Gasteiger partial charge in [-0.25, -0.2) is 9.37 Å². The fraction of sp³-hybridized carbons (Fsp3) is 0.667. The largest absolute Gasteiger partial charge is 0.472 e. The maximum atomic E-state index is 14.2. The molecule has 1 aromatic rings. The monoisotopic (exact) mass is 266 g/mol. The molecule has 0 amide bonds. The molecule has 0 aromatic carbocycles. The fourth-order valence-electron chi connectivity index (χ4n) is 2.58. The van der Waals surface area contributed by atoms with Crippen LogP contribution in [0.15, 0.2) is 12.3 Å². The Morgan fingerprint density at radius 1 is 1.47 bits per heavy atom. The van der Waals surface area contributed by atoms with Crippen molar-refractivity contribution in [3.05, 3.63) is 23.6 Å². The van der Waals surface area contributed by atoms with Gasteiger partial charge < -0.3 is 10.1 Å². The minimum atomic E-state index is -0.318. The summed E-state index contributed by atoms with van der Waals surface area (Å²) in [6.07, 6.45) is 6.14. The second-order valence-corrected chi connectivity index (χ2v) is 5.38. The van der Waals surface area contributed by atoms with Crippen molar-refractivity contribution in [3.63, 3.8) is 0 Å². The average molecular weight is 266 g/mol. The van der Waals surface area contributed by atoms with Gasteiger partial charge in [0.25, 0.3) is 5.88 Å². The van der Waals surface area contributed by atoms with Crippen molar-refractivity contribution in [1.82, 2.24) is 10.3 Å². The van der Waals surface area contributed by atoms with Gasteiger partial charge >= 0.3 is 0 Å². The van der Waals surface area contributed by atoms with Crippen molar-refractivity contribution in [2.75, 3.05) is 6.54 Å². The number of nitrogens with one attached hydrogen (secondary N) is 1. The van der Waals surface area contributed by atoms with E-state index in [1.54, 1.807) is 12.3 Å². The van der Waals surface area contributed by atoms with Crippen LogP contribution in [-0.2, 0) is 6.54 Å². The molecule has 1 saturated carbocycles. The highest BCUT2D eigenvalue weighted by atomic mass is 19.1. The second kappa shape index (κ2) is 6.85. The zero-order valence-electron chi connectivity index (χ0n) is 11.8. The van der Waals surface area contributed by atoms with E-state index in [1.165, 1.54) is 6.42 Å². The van der Waals surface area contributed by atoms with Crippen LogP contribution in [0.2, 0.25) is 0 Å². The first kappa shape index (κ1) is 14.3. The van der Waals surface area contributed by atoms with Gasteiger partial charge in [0.15, 0.2) is 5.82 Å². The van der Waals surface area contributed by atoms with Crippen molar-refractivity contribution in [1.29, 1.82) is 0 Å². The van der Waals surface area contributed by atoms with Gasteiger partial charge in [0.2, 0.25) is 0 Å². The first-order valence-corrected chi connectivity index (χ1v) is 7.21. The Morgan fingerprint density at radius 2 is 2.32 bits per heavy atom. The van der Waals surface area contributed by atoms with E-state index in [2.05, 4.69) is 17.2 Å². The number of halogens is 1. The number of ether oxygens (including phenoxy) is 1. The van der Waals surface area contributed by atoms with Crippen LogP contribution in [0, 0.1) is 11.7 Å². The van der Waals surface area contributed by atoms with Crippen LogP contribution in [0.3, 0.4) is 0 Å². The zero-order chi connectivity index (χ0) is 13.7. The number of rotatable bonds is 5. The molecule has 0 bridgehead atoms. The molecular weight excluding hydrogens is 243 g/mol. The number of aromatic nitrogens is 1. The molecule has 1 aliphatic rings. The number of nitrogens with zero attached hydrogens (tertiary/aromatic N) is 1. The van der Waals surface area contributed by atoms with Crippen LogP contribution in [0.5, 0.6) is 5.88 Å². The third-order valence-corrected chi connectivity index (χ3v) is 3.67. The van der Waals surface area contributed by atoms with E-state index in [0.29, 0.717) is 18.0 Å². The fourth-order valence-corrected chi connectivity index (χ4v) is 2.58. The highest BCUT2D eigenvalue weighted by Crippen LogP contribution is 2.28. The topological polar surface area (TPSA) is 34.2 Å². The van der Waals surface area contributed by atoms with Crippen LogP contribution >= 0.6 is 0 Å². The molecule has 0 radical (unpaired) electrons. The smallest absolute Gasteiger partial charge is 0.250 e. The summed E-state index contributed by atoms with van der Waals surface area (Å²) in [5.74, 6) is 0.503. The molecule has 2 atom stereocenters. The van der Waals surface area contributed by atoms with E-state index in [4.69, 9.17) is 4.74 Å². The Hall–Kier alpha value is -1.16. The van der Waals surface area contributed by atoms with Gasteiger partial charge in [0, 0.05) is 18.3 Å². The van der Waals surface area contributed by atoms with Crippen LogP contribution < -0.4 is 10.1 Å². The summed E-state index contributed by atoms with van der Waals surface area (Å²) < 4.78 is 20.0. The molecule has 1 heterocycles. The quantitative estimate of drug-likeness (QED) is 0.888. The lowest BCUT2D eigenvalue weighted by Gasteiger charge is -2.27. The predicted molar refractivity (Wildman–Crippen MR) is 73.6 cm³/mol. The van der Waals surface area contributed by atoms with Crippen LogP contribution in [0.4, 0.5) is 4.39 Å². The number of hydrogen-bond acceptors (Lipinski definition) is 3. The normalized spacial score (nSPS) is 23.3. The van der Waals surface area contributed by atoms with E-state index < -0.39 is 0 Å². The van der Waals surface area contributed by atoms with Gasteiger partial charge in [-0.3, -0.25) is 0 Å². The van der Waals surface area contributed by atoms with Crippen LogP contribution in [0.1, 0.15) is 45.1 Å². The minimum absolute atomic E-state index is 0.111. The molecule has 0 aliphatic heterocycles. The molecule has 1 fully saturated rings. The van der Waals surface area contributed by atoms with Gasteiger partial charge in [-0.05, 0) is 37.8 Å². The Kier molecular flexibility index (Phi) is 5.14. The summed E-state index contributed by atoms with van der Waals surface area (Å²) >= 11 is 0. The van der Waals surface area contributed by atoms with E-state index in [1.807, 2.05) is 6.92 Å². The third-order valence-electron chi connectivity index (χ3n) is 3.67. The summed E-state index contributed by atoms with van der Waals surface area (Å²) in [6.45, 7) is 5.56. The molecule has 19 heavy (non-hydrogen) atoms. The Bertz CT molecular complexity index is 411. The minimum Gasteiger partial charge on any atom is -0.472 e. The van der Waals surface area contributed by atoms with Gasteiger partial charge in [0.05, 0.1) is 0 Å². The van der Waals surface area contributed by atoms with Crippen molar-refractivity contribution in [3.8, 4) is 5.88 Å². The van der Waals surface area contributed by atoms with Gasteiger partial charge in [-0.15, -0.1) is 0 Å². The number of pyridine rings is 1. The molecule has 2 unspecified atom stereocenters. The molecule has 0 spiro atoms. The average Bonchev–Trinajstić information content (AvgIpc) is 2.40. The molecule has 1 aromatic heterocycles. The SMILES string of the molecule is CCNCc1ccnc(OC2CCCC(C)C2)c1F. The highest BCUT2D eigenvalue weighted by Gasteiger charge is 2.22. The van der Waals surface area contributed by atoms with Crippen molar-refractivity contribution < 1.29 is 9.13 Å².